The van der Waals surface area contributed by atoms with Crippen LogP contribution in [0.15, 0.2) is 18.2 Å². The van der Waals surface area contributed by atoms with Gasteiger partial charge in [0.2, 0.25) is 12.7 Å². The van der Waals surface area contributed by atoms with Gasteiger partial charge in [-0.2, -0.15) is 0 Å². The summed E-state index contributed by atoms with van der Waals surface area (Å²) < 4.78 is 10.7. The third-order valence-electron chi connectivity index (χ3n) is 3.57. The van der Waals surface area contributed by atoms with Crippen molar-refractivity contribution < 1.29 is 14.3 Å². The predicted octanol–water partition coefficient (Wildman–Crippen LogP) is 1.52. The van der Waals surface area contributed by atoms with Gasteiger partial charge in [-0.05, 0) is 38.9 Å². The molecule has 0 saturated carbocycles. The lowest BCUT2D eigenvalue weighted by atomic mass is 10.0. The number of fused-ring (bicyclic) bond motifs is 1. The smallest absolute Gasteiger partial charge is 0.246 e. The molecule has 0 bridgehead atoms. The zero-order valence-corrected chi connectivity index (χ0v) is 11.2. The quantitative estimate of drug-likeness (QED) is 0.833. The molecule has 5 heteroatoms. The SMILES string of the molecule is CC1(C)NCCCN(c2ccc3c(c2)OCO3)C1=O. The van der Waals surface area contributed by atoms with E-state index in [-0.39, 0.29) is 12.7 Å². The minimum atomic E-state index is -0.535. The van der Waals surface area contributed by atoms with Gasteiger partial charge in [-0.1, -0.05) is 0 Å². The molecule has 1 amide bonds. The summed E-state index contributed by atoms with van der Waals surface area (Å²) >= 11 is 0. The summed E-state index contributed by atoms with van der Waals surface area (Å²) in [5.41, 5.74) is 0.332. The van der Waals surface area contributed by atoms with Gasteiger partial charge < -0.3 is 19.7 Å². The summed E-state index contributed by atoms with van der Waals surface area (Å²) in [4.78, 5) is 14.4. The molecule has 1 N–H and O–H groups in total. The first-order valence-electron chi connectivity index (χ1n) is 6.54. The summed E-state index contributed by atoms with van der Waals surface area (Å²) in [5, 5.41) is 3.28. The Morgan fingerprint density at radius 3 is 2.89 bits per heavy atom. The van der Waals surface area contributed by atoms with Crippen molar-refractivity contribution in [2.75, 3.05) is 24.8 Å². The highest BCUT2D eigenvalue weighted by molar-refractivity contribution is 6.00. The fraction of sp³-hybridized carbons (Fsp3) is 0.500. The van der Waals surface area contributed by atoms with Crippen LogP contribution in [0.3, 0.4) is 0 Å². The second-order valence-electron chi connectivity index (χ2n) is 5.40. The van der Waals surface area contributed by atoms with Crippen LogP contribution < -0.4 is 19.7 Å². The minimum absolute atomic E-state index is 0.0869. The highest BCUT2D eigenvalue weighted by atomic mass is 16.7. The van der Waals surface area contributed by atoms with Crippen LogP contribution in [0.5, 0.6) is 11.5 Å². The lowest BCUT2D eigenvalue weighted by Gasteiger charge is -2.29. The molecule has 19 heavy (non-hydrogen) atoms. The van der Waals surface area contributed by atoms with Crippen molar-refractivity contribution in [2.24, 2.45) is 0 Å². The molecule has 0 atom stereocenters. The van der Waals surface area contributed by atoms with Crippen molar-refractivity contribution in [3.8, 4) is 11.5 Å². The van der Waals surface area contributed by atoms with E-state index in [1.807, 2.05) is 36.9 Å². The molecular weight excluding hydrogens is 244 g/mol. The maximum absolute atomic E-state index is 12.6. The van der Waals surface area contributed by atoms with Gasteiger partial charge in [0, 0.05) is 18.3 Å². The lowest BCUT2D eigenvalue weighted by molar-refractivity contribution is -0.123. The zero-order chi connectivity index (χ0) is 13.5. The van der Waals surface area contributed by atoms with Crippen molar-refractivity contribution in [3.05, 3.63) is 18.2 Å². The first kappa shape index (κ1) is 12.3. The Morgan fingerprint density at radius 2 is 2.05 bits per heavy atom. The molecule has 1 saturated heterocycles. The number of anilines is 1. The number of ether oxygens (including phenoxy) is 2. The number of rotatable bonds is 1. The maximum atomic E-state index is 12.6. The summed E-state index contributed by atoms with van der Waals surface area (Å²) in [6.45, 7) is 5.65. The van der Waals surface area contributed by atoms with Crippen LogP contribution in [-0.2, 0) is 4.79 Å². The molecule has 2 aliphatic heterocycles. The Bertz CT molecular complexity index is 513. The van der Waals surface area contributed by atoms with Crippen LogP contribution in [0.25, 0.3) is 0 Å². The molecule has 3 rings (SSSR count). The number of amides is 1. The van der Waals surface area contributed by atoms with Crippen molar-refractivity contribution in [1.29, 1.82) is 0 Å². The van der Waals surface area contributed by atoms with E-state index in [1.54, 1.807) is 0 Å². The Hall–Kier alpha value is -1.75. The van der Waals surface area contributed by atoms with E-state index < -0.39 is 5.54 Å². The molecule has 1 aromatic rings. The standard InChI is InChI=1S/C14H18N2O3/c1-14(2)13(17)16(7-3-6-15-14)10-4-5-11-12(8-10)19-9-18-11/h4-5,8,15H,3,6-7,9H2,1-2H3. The maximum Gasteiger partial charge on any atom is 0.246 e. The molecule has 0 aromatic heterocycles. The van der Waals surface area contributed by atoms with Gasteiger partial charge in [0.1, 0.15) is 0 Å². The van der Waals surface area contributed by atoms with Crippen molar-refractivity contribution in [3.63, 3.8) is 0 Å². The van der Waals surface area contributed by atoms with Gasteiger partial charge in [-0.15, -0.1) is 0 Å². The van der Waals surface area contributed by atoms with E-state index in [4.69, 9.17) is 9.47 Å². The fourth-order valence-electron chi connectivity index (χ4n) is 2.45. The summed E-state index contributed by atoms with van der Waals surface area (Å²) in [7, 11) is 0. The minimum Gasteiger partial charge on any atom is -0.454 e. The molecule has 0 radical (unpaired) electrons. The van der Waals surface area contributed by atoms with Gasteiger partial charge >= 0.3 is 0 Å². The highest BCUT2D eigenvalue weighted by Crippen LogP contribution is 2.36. The molecule has 0 aliphatic carbocycles. The Balaban J connectivity index is 1.94. The van der Waals surface area contributed by atoms with Crippen LogP contribution in [0.1, 0.15) is 20.3 Å². The topological polar surface area (TPSA) is 50.8 Å². The van der Waals surface area contributed by atoms with E-state index in [1.165, 1.54) is 0 Å². The van der Waals surface area contributed by atoms with E-state index in [9.17, 15) is 4.79 Å². The number of hydrogen-bond donors (Lipinski definition) is 1. The number of nitrogens with one attached hydrogen (secondary N) is 1. The third kappa shape index (κ3) is 2.14. The number of nitrogens with zero attached hydrogens (tertiary/aromatic N) is 1. The Labute approximate surface area is 112 Å². The van der Waals surface area contributed by atoms with Gasteiger partial charge in [-0.25, -0.2) is 0 Å². The van der Waals surface area contributed by atoms with Crippen LogP contribution in [0, 0.1) is 0 Å². The number of carbonyl (C=O) groups excluding carboxylic acids is 1. The first-order valence-corrected chi connectivity index (χ1v) is 6.54. The molecule has 1 fully saturated rings. The largest absolute Gasteiger partial charge is 0.454 e. The molecular formula is C14H18N2O3. The third-order valence-corrected chi connectivity index (χ3v) is 3.57. The van der Waals surface area contributed by atoms with Gasteiger partial charge in [0.25, 0.3) is 0 Å². The van der Waals surface area contributed by atoms with Crippen LogP contribution >= 0.6 is 0 Å². The summed E-state index contributed by atoms with van der Waals surface area (Å²) in [6, 6.07) is 5.64. The van der Waals surface area contributed by atoms with E-state index in [0.717, 1.165) is 30.9 Å². The van der Waals surface area contributed by atoms with Crippen molar-refractivity contribution >= 4 is 11.6 Å². The second kappa shape index (κ2) is 4.42. The zero-order valence-electron chi connectivity index (χ0n) is 11.2. The molecule has 102 valence electrons. The average molecular weight is 262 g/mol. The molecule has 2 heterocycles. The predicted molar refractivity (Wildman–Crippen MR) is 71.6 cm³/mol. The van der Waals surface area contributed by atoms with Crippen molar-refractivity contribution in [1.82, 2.24) is 5.32 Å². The van der Waals surface area contributed by atoms with E-state index in [2.05, 4.69) is 5.32 Å². The van der Waals surface area contributed by atoms with Gasteiger partial charge in [0.15, 0.2) is 11.5 Å². The first-order chi connectivity index (χ1) is 9.08. The van der Waals surface area contributed by atoms with E-state index >= 15 is 0 Å². The van der Waals surface area contributed by atoms with Crippen LogP contribution in [-0.4, -0.2) is 31.3 Å². The van der Waals surface area contributed by atoms with Gasteiger partial charge in [0.05, 0.1) is 5.54 Å². The molecule has 1 aromatic carbocycles. The Morgan fingerprint density at radius 1 is 1.26 bits per heavy atom. The van der Waals surface area contributed by atoms with Crippen LogP contribution in [0.4, 0.5) is 5.69 Å². The normalized spacial score (nSPS) is 21.4. The number of carbonyl (C=O) groups is 1. The van der Waals surface area contributed by atoms with E-state index in [0.29, 0.717) is 5.75 Å². The lowest BCUT2D eigenvalue weighted by Crippen LogP contribution is -2.51. The van der Waals surface area contributed by atoms with Crippen molar-refractivity contribution in [2.45, 2.75) is 25.8 Å². The molecule has 5 nitrogen and oxygen atoms in total. The Kier molecular flexibility index (Phi) is 2.86. The summed E-state index contributed by atoms with van der Waals surface area (Å²) in [6.07, 6.45) is 0.934. The van der Waals surface area contributed by atoms with Crippen LogP contribution in [0.2, 0.25) is 0 Å². The number of benzene rings is 1. The molecule has 0 unspecified atom stereocenters. The highest BCUT2D eigenvalue weighted by Gasteiger charge is 2.34. The van der Waals surface area contributed by atoms with Gasteiger partial charge in [-0.3, -0.25) is 4.79 Å². The fourth-order valence-corrected chi connectivity index (χ4v) is 2.45. The second-order valence-corrected chi connectivity index (χ2v) is 5.40. The molecule has 2 aliphatic rings. The molecule has 0 spiro atoms. The number of hydrogen-bond acceptors (Lipinski definition) is 4. The monoisotopic (exact) mass is 262 g/mol. The summed E-state index contributed by atoms with van der Waals surface area (Å²) in [5.74, 6) is 1.53. The average Bonchev–Trinajstić information content (AvgIpc) is 2.80.